The van der Waals surface area contributed by atoms with Gasteiger partial charge in [0.05, 0.1) is 16.3 Å². The number of nitrogens with zero attached hydrogens (tertiary/aromatic N) is 4. The molecule has 0 saturated carbocycles. The fourth-order valence-electron chi connectivity index (χ4n) is 4.71. The summed E-state index contributed by atoms with van der Waals surface area (Å²) < 4.78 is 33.3. The maximum Gasteiger partial charge on any atom is 0.407 e. The first-order valence-electron chi connectivity index (χ1n) is 12.8. The Labute approximate surface area is 243 Å². The summed E-state index contributed by atoms with van der Waals surface area (Å²) in [6, 6.07) is 14.9. The number of hydrogen-bond acceptors (Lipinski definition) is 3. The molecule has 0 radical (unpaired) electrons. The van der Waals surface area contributed by atoms with E-state index in [9.17, 15) is 18.9 Å². The summed E-state index contributed by atoms with van der Waals surface area (Å²) in [7, 11) is -3.47. The Bertz CT molecular complexity index is 1500. The van der Waals surface area contributed by atoms with Crippen LogP contribution in [0.15, 0.2) is 59.4 Å². The largest absolute Gasteiger partial charge is 0.465 e. The molecule has 40 heavy (non-hydrogen) atoms. The number of amides is 1. The minimum atomic E-state index is -3.47. The Kier molecular flexibility index (Phi) is 9.08. The van der Waals surface area contributed by atoms with Gasteiger partial charge in [-0.15, -0.1) is 0 Å². The van der Waals surface area contributed by atoms with Crippen LogP contribution in [0.3, 0.4) is 0 Å². The number of aromatic nitrogens is 1. The molecule has 0 aliphatic carbocycles. The van der Waals surface area contributed by atoms with Crippen LogP contribution in [0, 0.1) is 5.82 Å². The standard InChI is InChI=1S/C28H31Cl2FN5O3P/c1-17(2)19-9-6-8-12-24(19)33-40(4,39)34-27(36-14-13-35(28(37)38)16-18(36)3)21-15-22(29)25(32-26(21)30)20-10-5-7-11-23(20)31/h5-12,15,17-18H,13-14,16H2,1-4H3,(H,33,39)(H,37,38)/t18-,40?/m0/s1. The molecule has 4 rings (SSSR count). The van der Waals surface area contributed by atoms with E-state index >= 15 is 0 Å². The molecular weight excluding hydrogens is 575 g/mol. The number of piperazine rings is 1. The van der Waals surface area contributed by atoms with E-state index in [2.05, 4.69) is 10.1 Å². The van der Waals surface area contributed by atoms with Crippen LogP contribution in [-0.4, -0.2) is 64.2 Å². The highest BCUT2D eigenvalue weighted by Gasteiger charge is 2.32. The topological polar surface area (TPSA) is 98.1 Å². The average Bonchev–Trinajstić information content (AvgIpc) is 2.89. The zero-order chi connectivity index (χ0) is 29.2. The number of anilines is 1. The monoisotopic (exact) mass is 605 g/mol. The molecular formula is C28H31Cl2FN5O3P. The fraction of sp³-hybridized carbons (Fsp3) is 0.321. The normalized spacial score (nSPS) is 17.6. The number of hydrogen-bond donors (Lipinski definition) is 2. The van der Waals surface area contributed by atoms with Crippen LogP contribution in [0.2, 0.25) is 10.2 Å². The first kappa shape index (κ1) is 29.8. The number of carbonyl (C=O) groups is 1. The molecule has 1 amide bonds. The molecule has 1 saturated heterocycles. The first-order chi connectivity index (χ1) is 18.9. The number of benzene rings is 2. The third-order valence-corrected chi connectivity index (χ3v) is 8.47. The summed E-state index contributed by atoms with van der Waals surface area (Å²) >= 11 is 13.3. The van der Waals surface area contributed by atoms with Gasteiger partial charge in [-0.2, -0.15) is 4.76 Å². The van der Waals surface area contributed by atoms with Crippen molar-refractivity contribution >= 4 is 48.3 Å². The molecule has 2 heterocycles. The van der Waals surface area contributed by atoms with Gasteiger partial charge in [-0.3, -0.25) is 4.57 Å². The maximum atomic E-state index is 14.5. The van der Waals surface area contributed by atoms with Gasteiger partial charge in [-0.1, -0.05) is 67.4 Å². The lowest BCUT2D eigenvalue weighted by molar-refractivity contribution is 0.106. The average molecular weight is 606 g/mol. The molecule has 3 aromatic rings. The van der Waals surface area contributed by atoms with Crippen LogP contribution in [-0.2, 0) is 4.57 Å². The lowest BCUT2D eigenvalue weighted by atomic mass is 10.0. The molecule has 0 bridgehead atoms. The van der Waals surface area contributed by atoms with E-state index in [1.54, 1.807) is 18.2 Å². The number of pyridine rings is 1. The Morgan fingerprint density at radius 3 is 2.50 bits per heavy atom. The summed E-state index contributed by atoms with van der Waals surface area (Å²) in [4.78, 5) is 19.2. The lowest BCUT2D eigenvalue weighted by Crippen LogP contribution is -2.55. The predicted molar refractivity (Wildman–Crippen MR) is 160 cm³/mol. The Morgan fingerprint density at radius 2 is 1.85 bits per heavy atom. The van der Waals surface area contributed by atoms with Crippen LogP contribution in [0.4, 0.5) is 14.9 Å². The number of rotatable bonds is 6. The van der Waals surface area contributed by atoms with E-state index in [0.717, 1.165) is 5.56 Å². The Balaban J connectivity index is 1.82. The van der Waals surface area contributed by atoms with Crippen molar-refractivity contribution in [1.29, 1.82) is 0 Å². The number of nitrogens with one attached hydrogen (secondary N) is 1. The summed E-state index contributed by atoms with van der Waals surface area (Å²) in [6.45, 7) is 8.15. The second-order valence-corrected chi connectivity index (χ2v) is 13.0. The lowest BCUT2D eigenvalue weighted by Gasteiger charge is -2.40. The van der Waals surface area contributed by atoms with Crippen LogP contribution >= 0.6 is 30.6 Å². The second kappa shape index (κ2) is 12.2. The molecule has 8 nitrogen and oxygen atoms in total. The molecule has 1 aliphatic heterocycles. The highest BCUT2D eigenvalue weighted by Crippen LogP contribution is 2.46. The highest BCUT2D eigenvalue weighted by molar-refractivity contribution is 7.63. The third kappa shape index (κ3) is 6.60. The molecule has 212 valence electrons. The smallest absolute Gasteiger partial charge is 0.407 e. The van der Waals surface area contributed by atoms with E-state index in [4.69, 9.17) is 28.0 Å². The van der Waals surface area contributed by atoms with Gasteiger partial charge >= 0.3 is 6.09 Å². The van der Waals surface area contributed by atoms with Gasteiger partial charge < -0.3 is 20.0 Å². The van der Waals surface area contributed by atoms with Crippen molar-refractivity contribution in [2.24, 2.45) is 4.76 Å². The summed E-state index contributed by atoms with van der Waals surface area (Å²) in [6.07, 6.45) is -1.02. The zero-order valence-electron chi connectivity index (χ0n) is 22.6. The molecule has 1 fully saturated rings. The van der Waals surface area contributed by atoms with E-state index in [-0.39, 0.29) is 58.9 Å². The number of amidine groups is 1. The second-order valence-electron chi connectivity index (χ2n) is 10.1. The van der Waals surface area contributed by atoms with Crippen molar-refractivity contribution in [3.63, 3.8) is 0 Å². The zero-order valence-corrected chi connectivity index (χ0v) is 25.0. The predicted octanol–water partition coefficient (Wildman–Crippen LogP) is 7.68. The van der Waals surface area contributed by atoms with E-state index < -0.39 is 19.4 Å². The van der Waals surface area contributed by atoms with Crippen LogP contribution in [0.25, 0.3) is 11.3 Å². The molecule has 1 aliphatic rings. The Morgan fingerprint density at radius 1 is 1.18 bits per heavy atom. The van der Waals surface area contributed by atoms with Gasteiger partial charge in [0.25, 0.3) is 7.44 Å². The van der Waals surface area contributed by atoms with Gasteiger partial charge in [0.1, 0.15) is 16.8 Å². The van der Waals surface area contributed by atoms with Crippen LogP contribution in [0.5, 0.6) is 0 Å². The van der Waals surface area contributed by atoms with Gasteiger partial charge in [0.15, 0.2) is 0 Å². The minimum absolute atomic E-state index is 0.00292. The molecule has 12 heteroatoms. The SMILES string of the molecule is CC(C)c1ccccc1NP(C)(=O)N=C(c1cc(Cl)c(-c2ccccc2F)nc1Cl)N1CCN(C(=O)O)C[C@@H]1C. The maximum absolute atomic E-state index is 14.5. The number of para-hydroxylation sites is 1. The molecule has 1 aromatic heterocycles. The molecule has 0 spiro atoms. The van der Waals surface area contributed by atoms with E-state index in [1.807, 2.05) is 49.9 Å². The van der Waals surface area contributed by atoms with Gasteiger partial charge in [-0.25, -0.2) is 14.2 Å². The summed E-state index contributed by atoms with van der Waals surface area (Å²) in [5.74, 6) is -0.0591. The van der Waals surface area contributed by atoms with Crippen molar-refractivity contribution in [2.45, 2.75) is 32.7 Å². The molecule has 1 unspecified atom stereocenters. The third-order valence-electron chi connectivity index (χ3n) is 6.67. The molecule has 2 atom stereocenters. The molecule has 2 aromatic carbocycles. The first-order valence-corrected chi connectivity index (χ1v) is 15.6. The van der Waals surface area contributed by atoms with Gasteiger partial charge in [-0.05, 0) is 42.7 Å². The summed E-state index contributed by atoms with van der Waals surface area (Å²) in [5.41, 5.74) is 2.36. The quantitative estimate of drug-likeness (QED) is 0.129. The van der Waals surface area contributed by atoms with Crippen molar-refractivity contribution < 1.29 is 18.9 Å². The van der Waals surface area contributed by atoms with Gasteiger partial charge in [0.2, 0.25) is 0 Å². The van der Waals surface area contributed by atoms with Crippen LogP contribution in [0.1, 0.15) is 37.8 Å². The van der Waals surface area contributed by atoms with Crippen molar-refractivity contribution in [1.82, 2.24) is 14.8 Å². The minimum Gasteiger partial charge on any atom is -0.465 e. The van der Waals surface area contributed by atoms with Crippen molar-refractivity contribution in [2.75, 3.05) is 31.4 Å². The van der Waals surface area contributed by atoms with Gasteiger partial charge in [0, 0.05) is 43.6 Å². The molecule has 2 N–H and O–H groups in total. The number of carboxylic acid groups (broad SMARTS) is 1. The van der Waals surface area contributed by atoms with Crippen molar-refractivity contribution in [3.05, 3.63) is 81.7 Å². The van der Waals surface area contributed by atoms with Crippen molar-refractivity contribution in [3.8, 4) is 11.3 Å². The Hall–Kier alpha value is -3.13. The van der Waals surface area contributed by atoms with Crippen LogP contribution < -0.4 is 5.09 Å². The van der Waals surface area contributed by atoms with E-state index in [0.29, 0.717) is 11.3 Å². The fourth-order valence-corrected chi connectivity index (χ4v) is 6.47. The highest BCUT2D eigenvalue weighted by atomic mass is 35.5. The van der Waals surface area contributed by atoms with E-state index in [1.165, 1.54) is 23.7 Å². The summed E-state index contributed by atoms with van der Waals surface area (Å²) in [5, 5.41) is 12.8. The number of halogens is 3.